The molecule has 1 N–H and O–H groups in total. The molecule has 5 heteroatoms. The molecule has 0 aromatic heterocycles. The van der Waals surface area contributed by atoms with E-state index in [9.17, 15) is 8.78 Å². The molecule has 4 aliphatic rings. The molecular formula is C23H29F2N3. The number of nitrogens with zero attached hydrogens (tertiary/aromatic N) is 2. The number of allylic oxidation sites excluding steroid dienone is 4. The van der Waals surface area contributed by atoms with Crippen molar-refractivity contribution in [3.63, 3.8) is 0 Å². The zero-order valence-electron chi connectivity index (χ0n) is 16.6. The van der Waals surface area contributed by atoms with Crippen molar-refractivity contribution in [2.75, 3.05) is 36.5 Å². The van der Waals surface area contributed by atoms with Gasteiger partial charge in [-0.25, -0.2) is 8.78 Å². The molecule has 2 aliphatic heterocycles. The molecule has 3 nitrogen and oxygen atoms in total. The van der Waals surface area contributed by atoms with E-state index >= 15 is 0 Å². The Morgan fingerprint density at radius 3 is 2.75 bits per heavy atom. The first-order valence-corrected chi connectivity index (χ1v) is 10.7. The Bertz CT molecular complexity index is 836. The molecule has 0 radical (unpaired) electrons. The molecule has 1 aromatic carbocycles. The molecule has 1 unspecified atom stereocenters. The van der Waals surface area contributed by atoms with Crippen molar-refractivity contribution in [3.05, 3.63) is 46.6 Å². The summed E-state index contributed by atoms with van der Waals surface area (Å²) in [5.74, 6) is 0.592. The Hall–Kier alpha value is -1.88. The van der Waals surface area contributed by atoms with E-state index in [-0.39, 0.29) is 11.6 Å². The van der Waals surface area contributed by atoms with Gasteiger partial charge in [0.15, 0.2) is 0 Å². The number of halogens is 2. The summed E-state index contributed by atoms with van der Waals surface area (Å²) >= 11 is 0. The first kappa shape index (κ1) is 18.2. The maximum Gasteiger partial charge on any atom is 0.128 e. The SMILES string of the molecule is Cc1cc2c(cc1F)N(C1CCN(CC3CC4=C(CCC(F)=C4)C3)CC1)CN2. The van der Waals surface area contributed by atoms with Crippen LogP contribution < -0.4 is 10.2 Å². The van der Waals surface area contributed by atoms with Crippen molar-refractivity contribution >= 4 is 11.4 Å². The van der Waals surface area contributed by atoms with E-state index in [0.29, 0.717) is 23.9 Å². The monoisotopic (exact) mass is 385 g/mol. The first-order valence-electron chi connectivity index (χ1n) is 10.7. The van der Waals surface area contributed by atoms with Gasteiger partial charge in [0.05, 0.1) is 18.0 Å². The molecule has 2 heterocycles. The number of aryl methyl sites for hydroxylation is 1. The van der Waals surface area contributed by atoms with Crippen LogP contribution in [0.15, 0.2) is 35.2 Å². The summed E-state index contributed by atoms with van der Waals surface area (Å²) < 4.78 is 27.6. The Balaban J connectivity index is 1.16. The third-order valence-electron chi connectivity index (χ3n) is 7.03. The second kappa shape index (κ2) is 7.18. The van der Waals surface area contributed by atoms with Gasteiger partial charge in [0.25, 0.3) is 0 Å². The van der Waals surface area contributed by atoms with Gasteiger partial charge in [0, 0.05) is 32.1 Å². The van der Waals surface area contributed by atoms with Crippen LogP contribution in [0.3, 0.4) is 0 Å². The molecule has 1 aromatic rings. The van der Waals surface area contributed by atoms with Gasteiger partial charge < -0.3 is 15.1 Å². The zero-order chi connectivity index (χ0) is 19.3. The van der Waals surface area contributed by atoms with Crippen LogP contribution in [0.4, 0.5) is 20.2 Å². The predicted molar refractivity (Wildman–Crippen MR) is 110 cm³/mol. The smallest absolute Gasteiger partial charge is 0.128 e. The fourth-order valence-electron chi connectivity index (χ4n) is 5.50. The molecule has 0 amide bonds. The second-order valence-corrected chi connectivity index (χ2v) is 8.95. The van der Waals surface area contributed by atoms with Crippen LogP contribution in [0.25, 0.3) is 0 Å². The number of piperidine rings is 1. The fraction of sp³-hybridized carbons (Fsp3) is 0.565. The number of hydrogen-bond donors (Lipinski definition) is 1. The van der Waals surface area contributed by atoms with Gasteiger partial charge in [0.2, 0.25) is 0 Å². The van der Waals surface area contributed by atoms with Crippen molar-refractivity contribution in [3.8, 4) is 0 Å². The lowest BCUT2D eigenvalue weighted by Crippen LogP contribution is -2.46. The highest BCUT2D eigenvalue weighted by Gasteiger charge is 2.32. The minimum atomic E-state index is -0.118. The lowest BCUT2D eigenvalue weighted by atomic mass is 9.98. The van der Waals surface area contributed by atoms with Gasteiger partial charge in [-0.15, -0.1) is 0 Å². The maximum atomic E-state index is 14.1. The maximum absolute atomic E-state index is 14.1. The van der Waals surface area contributed by atoms with Crippen LogP contribution in [-0.2, 0) is 0 Å². The average molecular weight is 386 g/mol. The summed E-state index contributed by atoms with van der Waals surface area (Å²) in [5.41, 5.74) is 5.55. The molecule has 28 heavy (non-hydrogen) atoms. The third-order valence-corrected chi connectivity index (χ3v) is 7.03. The van der Waals surface area contributed by atoms with Gasteiger partial charge in [-0.2, -0.15) is 0 Å². The summed E-state index contributed by atoms with van der Waals surface area (Å²) in [6.45, 7) is 5.91. The number of likely N-dealkylation sites (tertiary alicyclic amines) is 1. The van der Waals surface area contributed by atoms with Crippen LogP contribution in [0.5, 0.6) is 0 Å². The summed E-state index contributed by atoms with van der Waals surface area (Å²) in [4.78, 5) is 4.93. The Morgan fingerprint density at radius 1 is 1.11 bits per heavy atom. The highest BCUT2D eigenvalue weighted by molar-refractivity contribution is 5.76. The van der Waals surface area contributed by atoms with Crippen molar-refractivity contribution in [1.29, 1.82) is 0 Å². The summed E-state index contributed by atoms with van der Waals surface area (Å²) in [5, 5.41) is 3.42. The Labute approximate surface area is 166 Å². The van der Waals surface area contributed by atoms with E-state index in [0.717, 1.165) is 69.8 Å². The first-order chi connectivity index (χ1) is 13.6. The van der Waals surface area contributed by atoms with E-state index in [2.05, 4.69) is 15.1 Å². The minimum Gasteiger partial charge on any atom is -0.366 e. The third kappa shape index (κ3) is 3.34. The molecule has 1 atom stereocenters. The normalized spacial score (nSPS) is 25.6. The topological polar surface area (TPSA) is 18.5 Å². The molecule has 5 rings (SSSR count). The van der Waals surface area contributed by atoms with E-state index in [1.165, 1.54) is 11.1 Å². The highest BCUT2D eigenvalue weighted by atomic mass is 19.1. The van der Waals surface area contributed by atoms with Crippen LogP contribution in [0.1, 0.15) is 44.1 Å². The van der Waals surface area contributed by atoms with Gasteiger partial charge >= 0.3 is 0 Å². The summed E-state index contributed by atoms with van der Waals surface area (Å²) in [6, 6.07) is 4.09. The largest absolute Gasteiger partial charge is 0.366 e. The zero-order valence-corrected chi connectivity index (χ0v) is 16.6. The highest BCUT2D eigenvalue weighted by Crippen LogP contribution is 2.41. The van der Waals surface area contributed by atoms with Crippen molar-refractivity contribution in [2.45, 2.75) is 51.5 Å². The molecule has 150 valence electrons. The molecule has 1 fully saturated rings. The molecule has 2 aliphatic carbocycles. The average Bonchev–Trinajstić information content (AvgIpc) is 3.26. The summed E-state index contributed by atoms with van der Waals surface area (Å²) in [6.07, 6.45) is 7.75. The standard InChI is InChI=1S/C23H29F2N3/c1-15-8-22-23(12-21(15)25)28(14-26-22)20-4-6-27(7-5-20)13-16-9-17-2-3-19(24)11-18(17)10-16/h8,11-12,16,20,26H,2-7,9-10,13-14H2,1H3. The number of rotatable bonds is 3. The number of fused-ring (bicyclic) bond motifs is 1. The molecule has 1 saturated heterocycles. The van der Waals surface area contributed by atoms with E-state index in [1.807, 2.05) is 13.0 Å². The number of nitrogens with one attached hydrogen (secondary N) is 1. The number of hydrogen-bond acceptors (Lipinski definition) is 3. The van der Waals surface area contributed by atoms with E-state index in [4.69, 9.17) is 0 Å². The van der Waals surface area contributed by atoms with Gasteiger partial charge in [-0.3, -0.25) is 0 Å². The van der Waals surface area contributed by atoms with Crippen LogP contribution >= 0.6 is 0 Å². The van der Waals surface area contributed by atoms with Gasteiger partial charge in [0.1, 0.15) is 11.6 Å². The predicted octanol–water partition coefficient (Wildman–Crippen LogP) is 5.14. The van der Waals surface area contributed by atoms with Gasteiger partial charge in [-0.05, 0) is 74.3 Å². The van der Waals surface area contributed by atoms with Crippen molar-refractivity contribution in [1.82, 2.24) is 4.90 Å². The van der Waals surface area contributed by atoms with E-state index < -0.39 is 0 Å². The lowest BCUT2D eigenvalue weighted by molar-refractivity contribution is 0.183. The van der Waals surface area contributed by atoms with Crippen LogP contribution in [0.2, 0.25) is 0 Å². The summed E-state index contributed by atoms with van der Waals surface area (Å²) in [7, 11) is 0. The van der Waals surface area contributed by atoms with Crippen molar-refractivity contribution in [2.24, 2.45) is 5.92 Å². The van der Waals surface area contributed by atoms with Crippen LogP contribution in [-0.4, -0.2) is 37.2 Å². The van der Waals surface area contributed by atoms with Crippen LogP contribution in [0, 0.1) is 18.7 Å². The van der Waals surface area contributed by atoms with Gasteiger partial charge in [-0.1, -0.05) is 5.57 Å². The molecule has 0 saturated carbocycles. The number of anilines is 2. The fourth-order valence-corrected chi connectivity index (χ4v) is 5.50. The van der Waals surface area contributed by atoms with E-state index in [1.54, 1.807) is 12.1 Å². The molecule has 0 spiro atoms. The second-order valence-electron chi connectivity index (χ2n) is 8.95. The molecule has 0 bridgehead atoms. The Morgan fingerprint density at radius 2 is 1.93 bits per heavy atom. The number of benzene rings is 1. The lowest BCUT2D eigenvalue weighted by Gasteiger charge is -2.38. The quantitative estimate of drug-likeness (QED) is 0.777. The molecular weight excluding hydrogens is 356 g/mol. The minimum absolute atomic E-state index is 0.0614. The van der Waals surface area contributed by atoms with Crippen molar-refractivity contribution < 1.29 is 8.78 Å². The Kier molecular flexibility index (Phi) is 4.66.